The molecule has 20 heavy (non-hydrogen) atoms. The Balaban J connectivity index is 1.67. The molecular weight excluding hydrogens is 264 g/mol. The predicted molar refractivity (Wildman–Crippen MR) is 68.5 cm³/mol. The summed E-state index contributed by atoms with van der Waals surface area (Å²) in [4.78, 5) is 23.0. The Morgan fingerprint density at radius 2 is 1.25 bits per heavy atom. The second-order valence-electron chi connectivity index (χ2n) is 4.80. The monoisotopic (exact) mass is 284 g/mol. The van der Waals surface area contributed by atoms with Crippen LogP contribution in [0.4, 0.5) is 0 Å². The third-order valence-corrected chi connectivity index (χ3v) is 3.13. The molecule has 0 amide bonds. The van der Waals surface area contributed by atoms with Crippen molar-refractivity contribution in [3.05, 3.63) is 12.2 Å². The molecule has 2 fully saturated rings. The first-order chi connectivity index (χ1) is 9.74. The maximum absolute atomic E-state index is 11.5. The number of hydrogen-bond acceptors (Lipinski definition) is 6. The van der Waals surface area contributed by atoms with Crippen molar-refractivity contribution in [3.63, 3.8) is 0 Å². The van der Waals surface area contributed by atoms with Gasteiger partial charge in [-0.3, -0.25) is 0 Å². The van der Waals surface area contributed by atoms with E-state index in [0.29, 0.717) is 26.1 Å². The summed E-state index contributed by atoms with van der Waals surface area (Å²) in [5.74, 6) is -1.20. The fraction of sp³-hybridized carbons (Fsp3) is 0.714. The van der Waals surface area contributed by atoms with Crippen LogP contribution in [0.1, 0.15) is 38.5 Å². The summed E-state index contributed by atoms with van der Waals surface area (Å²) < 4.78 is 20.6. The Morgan fingerprint density at radius 1 is 0.800 bits per heavy atom. The summed E-state index contributed by atoms with van der Waals surface area (Å²) in [6.07, 6.45) is 6.42. The van der Waals surface area contributed by atoms with Crippen molar-refractivity contribution in [1.29, 1.82) is 0 Å². The molecule has 0 N–H and O–H groups in total. The zero-order valence-electron chi connectivity index (χ0n) is 11.4. The summed E-state index contributed by atoms with van der Waals surface area (Å²) in [6, 6.07) is 0. The Bertz CT molecular complexity index is 319. The molecule has 2 heterocycles. The normalized spacial score (nSPS) is 27.2. The first kappa shape index (κ1) is 15.0. The van der Waals surface area contributed by atoms with Crippen molar-refractivity contribution in [1.82, 2.24) is 0 Å². The summed E-state index contributed by atoms with van der Waals surface area (Å²) in [6.45, 7) is 1.20. The minimum atomic E-state index is -0.599. The minimum absolute atomic E-state index is 0.501. The van der Waals surface area contributed by atoms with E-state index >= 15 is 0 Å². The molecule has 112 valence electrons. The Morgan fingerprint density at radius 3 is 1.60 bits per heavy atom. The standard InChI is InChI=1S/C14H20O6/c15-11(19-13-5-1-3-9-17-13)7-8-12(16)20-14-6-2-4-10-18-14/h7-8,13-14H,1-6,9-10H2. The molecule has 2 saturated heterocycles. The van der Waals surface area contributed by atoms with Crippen molar-refractivity contribution in [3.8, 4) is 0 Å². The van der Waals surface area contributed by atoms with Crippen molar-refractivity contribution < 1.29 is 28.5 Å². The number of hydrogen-bond donors (Lipinski definition) is 0. The Kier molecular flexibility index (Phi) is 6.01. The topological polar surface area (TPSA) is 71.1 Å². The molecule has 2 aliphatic heterocycles. The summed E-state index contributed by atoms with van der Waals surface area (Å²) in [5, 5.41) is 0. The molecule has 6 heteroatoms. The lowest BCUT2D eigenvalue weighted by Crippen LogP contribution is -2.25. The summed E-state index contributed by atoms with van der Waals surface area (Å²) >= 11 is 0. The van der Waals surface area contributed by atoms with Crippen LogP contribution in [0.25, 0.3) is 0 Å². The van der Waals surface area contributed by atoms with Crippen molar-refractivity contribution in [2.75, 3.05) is 13.2 Å². The highest BCUT2D eigenvalue weighted by molar-refractivity contribution is 5.91. The maximum atomic E-state index is 11.5. The van der Waals surface area contributed by atoms with Gasteiger partial charge < -0.3 is 18.9 Å². The van der Waals surface area contributed by atoms with Crippen LogP contribution in [-0.2, 0) is 28.5 Å². The zero-order chi connectivity index (χ0) is 14.2. The summed E-state index contributed by atoms with van der Waals surface area (Å²) in [7, 11) is 0. The largest absolute Gasteiger partial charge is 0.433 e. The van der Waals surface area contributed by atoms with E-state index in [9.17, 15) is 9.59 Å². The first-order valence-corrected chi connectivity index (χ1v) is 7.06. The van der Waals surface area contributed by atoms with Crippen molar-refractivity contribution in [2.24, 2.45) is 0 Å². The second kappa shape index (κ2) is 8.01. The highest BCUT2D eigenvalue weighted by Gasteiger charge is 2.18. The highest BCUT2D eigenvalue weighted by Crippen LogP contribution is 2.15. The smallest absolute Gasteiger partial charge is 0.333 e. The van der Waals surface area contributed by atoms with Gasteiger partial charge in [0, 0.05) is 25.0 Å². The lowest BCUT2D eigenvalue weighted by Gasteiger charge is -2.22. The molecule has 0 aromatic heterocycles. The van der Waals surface area contributed by atoms with Crippen LogP contribution in [0, 0.1) is 0 Å². The van der Waals surface area contributed by atoms with Gasteiger partial charge in [0.05, 0.1) is 13.2 Å². The maximum Gasteiger partial charge on any atom is 0.333 e. The van der Waals surface area contributed by atoms with Gasteiger partial charge in [-0.25, -0.2) is 9.59 Å². The van der Waals surface area contributed by atoms with E-state index in [2.05, 4.69) is 0 Å². The van der Waals surface area contributed by atoms with Gasteiger partial charge >= 0.3 is 11.9 Å². The molecule has 2 aliphatic rings. The lowest BCUT2D eigenvalue weighted by atomic mass is 10.2. The highest BCUT2D eigenvalue weighted by atomic mass is 16.7. The van der Waals surface area contributed by atoms with Gasteiger partial charge in [-0.1, -0.05) is 0 Å². The predicted octanol–water partition coefficient (Wildman–Crippen LogP) is 1.68. The molecule has 2 atom stereocenters. The molecular formula is C14H20O6. The van der Waals surface area contributed by atoms with Gasteiger partial charge in [-0.05, 0) is 25.7 Å². The van der Waals surface area contributed by atoms with Crippen LogP contribution in [0.2, 0.25) is 0 Å². The molecule has 0 spiro atoms. The van der Waals surface area contributed by atoms with Gasteiger partial charge in [-0.2, -0.15) is 0 Å². The third kappa shape index (κ3) is 5.30. The van der Waals surface area contributed by atoms with Crippen LogP contribution in [0.3, 0.4) is 0 Å². The molecule has 0 saturated carbocycles. The fourth-order valence-electron chi connectivity index (χ4n) is 2.08. The van der Waals surface area contributed by atoms with Gasteiger partial charge in [0.15, 0.2) is 0 Å². The number of carbonyl (C=O) groups excluding carboxylic acids is 2. The molecule has 0 aromatic carbocycles. The molecule has 6 nitrogen and oxygen atoms in total. The van der Waals surface area contributed by atoms with Crippen LogP contribution in [0.5, 0.6) is 0 Å². The van der Waals surface area contributed by atoms with Gasteiger partial charge in [0.2, 0.25) is 12.6 Å². The van der Waals surface area contributed by atoms with E-state index in [0.717, 1.165) is 37.8 Å². The quantitative estimate of drug-likeness (QED) is 0.578. The molecule has 2 unspecified atom stereocenters. The van der Waals surface area contributed by atoms with Crippen molar-refractivity contribution in [2.45, 2.75) is 51.1 Å². The number of carbonyl (C=O) groups is 2. The van der Waals surface area contributed by atoms with E-state index < -0.39 is 24.5 Å². The van der Waals surface area contributed by atoms with Crippen LogP contribution >= 0.6 is 0 Å². The zero-order valence-corrected chi connectivity index (χ0v) is 11.4. The van der Waals surface area contributed by atoms with Gasteiger partial charge in [0.25, 0.3) is 0 Å². The Hall–Kier alpha value is -1.40. The third-order valence-electron chi connectivity index (χ3n) is 3.13. The lowest BCUT2D eigenvalue weighted by molar-refractivity contribution is -0.184. The van der Waals surface area contributed by atoms with Crippen LogP contribution in [0.15, 0.2) is 12.2 Å². The van der Waals surface area contributed by atoms with E-state index in [1.54, 1.807) is 0 Å². The molecule has 0 aromatic rings. The average molecular weight is 284 g/mol. The number of rotatable bonds is 4. The van der Waals surface area contributed by atoms with Crippen LogP contribution in [-0.4, -0.2) is 37.7 Å². The molecule has 2 rings (SSSR count). The number of esters is 2. The van der Waals surface area contributed by atoms with E-state index in [-0.39, 0.29) is 0 Å². The van der Waals surface area contributed by atoms with E-state index in [1.165, 1.54) is 0 Å². The van der Waals surface area contributed by atoms with Crippen molar-refractivity contribution >= 4 is 11.9 Å². The second-order valence-corrected chi connectivity index (χ2v) is 4.80. The SMILES string of the molecule is O=C(C=CC(=O)OC1CCCCO1)OC1CCCCO1. The van der Waals surface area contributed by atoms with Gasteiger partial charge in [0.1, 0.15) is 0 Å². The number of ether oxygens (including phenoxy) is 4. The van der Waals surface area contributed by atoms with E-state index in [1.807, 2.05) is 0 Å². The molecule has 0 aliphatic carbocycles. The molecule has 0 bridgehead atoms. The summed E-state index contributed by atoms with van der Waals surface area (Å²) in [5.41, 5.74) is 0. The molecule has 0 radical (unpaired) electrons. The fourth-order valence-corrected chi connectivity index (χ4v) is 2.08. The Labute approximate surface area is 118 Å². The van der Waals surface area contributed by atoms with E-state index in [4.69, 9.17) is 18.9 Å². The minimum Gasteiger partial charge on any atom is -0.433 e. The van der Waals surface area contributed by atoms with Gasteiger partial charge in [-0.15, -0.1) is 0 Å². The average Bonchev–Trinajstić information content (AvgIpc) is 2.47. The van der Waals surface area contributed by atoms with Crippen LogP contribution < -0.4 is 0 Å². The first-order valence-electron chi connectivity index (χ1n) is 7.06.